The van der Waals surface area contributed by atoms with Gasteiger partial charge in [0.15, 0.2) is 11.5 Å². The third-order valence-corrected chi connectivity index (χ3v) is 4.81. The maximum atomic E-state index is 13.1. The highest BCUT2D eigenvalue weighted by Gasteiger charge is 2.22. The van der Waals surface area contributed by atoms with E-state index in [4.69, 9.17) is 21.1 Å². The molecule has 1 aromatic heterocycles. The number of aryl methyl sites for hydroxylation is 1. The van der Waals surface area contributed by atoms with E-state index in [2.05, 4.69) is 10.3 Å². The minimum Gasteiger partial charge on any atom is -0.490 e. The predicted molar refractivity (Wildman–Crippen MR) is 117 cm³/mol. The first kappa shape index (κ1) is 21.7. The summed E-state index contributed by atoms with van der Waals surface area (Å²) in [7, 11) is 1.89. The molecule has 3 rings (SSSR count). The summed E-state index contributed by atoms with van der Waals surface area (Å²) < 4.78 is 13.3. The summed E-state index contributed by atoms with van der Waals surface area (Å²) in [4.78, 5) is 17.5. The van der Waals surface area contributed by atoms with E-state index in [9.17, 15) is 4.79 Å². The average Bonchev–Trinajstić information content (AvgIpc) is 3.17. The van der Waals surface area contributed by atoms with Crippen LogP contribution >= 0.6 is 11.6 Å². The summed E-state index contributed by atoms with van der Waals surface area (Å²) in [6.07, 6.45) is 4.44. The van der Waals surface area contributed by atoms with Crippen molar-refractivity contribution >= 4 is 17.5 Å². The van der Waals surface area contributed by atoms with Gasteiger partial charge in [-0.2, -0.15) is 0 Å². The van der Waals surface area contributed by atoms with Gasteiger partial charge in [-0.15, -0.1) is 0 Å². The molecule has 1 heterocycles. The van der Waals surface area contributed by atoms with Gasteiger partial charge in [-0.25, -0.2) is 4.98 Å². The number of aromatic nitrogens is 2. The summed E-state index contributed by atoms with van der Waals surface area (Å²) in [5.41, 5.74) is 1.37. The number of hydrogen-bond acceptors (Lipinski definition) is 4. The third-order valence-electron chi connectivity index (χ3n) is 4.56. The fourth-order valence-electron chi connectivity index (χ4n) is 3.07. The molecule has 1 unspecified atom stereocenters. The van der Waals surface area contributed by atoms with Crippen LogP contribution in [0.25, 0.3) is 0 Å². The van der Waals surface area contributed by atoms with Crippen LogP contribution in [0.1, 0.15) is 48.1 Å². The van der Waals surface area contributed by atoms with Crippen molar-refractivity contribution in [1.29, 1.82) is 0 Å². The number of ether oxygens (including phenoxy) is 2. The highest BCUT2D eigenvalue weighted by molar-refractivity contribution is 6.30. The Morgan fingerprint density at radius 1 is 1.13 bits per heavy atom. The van der Waals surface area contributed by atoms with Crippen LogP contribution in [-0.2, 0) is 7.05 Å². The van der Waals surface area contributed by atoms with Crippen molar-refractivity contribution in [2.75, 3.05) is 13.2 Å². The van der Waals surface area contributed by atoms with Crippen LogP contribution in [0.15, 0.2) is 54.9 Å². The first-order valence-electron chi connectivity index (χ1n) is 9.96. The van der Waals surface area contributed by atoms with Gasteiger partial charge in [-0.1, -0.05) is 30.7 Å². The smallest absolute Gasteiger partial charge is 0.252 e. The van der Waals surface area contributed by atoms with Gasteiger partial charge in [0.05, 0.1) is 13.2 Å². The van der Waals surface area contributed by atoms with Gasteiger partial charge in [-0.3, -0.25) is 4.79 Å². The highest BCUT2D eigenvalue weighted by atomic mass is 35.5. The van der Waals surface area contributed by atoms with E-state index >= 15 is 0 Å². The monoisotopic (exact) mass is 427 g/mol. The van der Waals surface area contributed by atoms with Gasteiger partial charge >= 0.3 is 0 Å². The van der Waals surface area contributed by atoms with E-state index in [-0.39, 0.29) is 5.91 Å². The summed E-state index contributed by atoms with van der Waals surface area (Å²) in [5.74, 6) is 1.67. The van der Waals surface area contributed by atoms with Gasteiger partial charge in [0.1, 0.15) is 11.9 Å². The Labute approximate surface area is 181 Å². The molecule has 0 saturated heterocycles. The van der Waals surface area contributed by atoms with Crippen LogP contribution in [-0.4, -0.2) is 28.7 Å². The molecular weight excluding hydrogens is 402 g/mol. The van der Waals surface area contributed by atoms with Gasteiger partial charge in [0, 0.05) is 30.0 Å². The van der Waals surface area contributed by atoms with Crippen molar-refractivity contribution in [3.63, 3.8) is 0 Å². The van der Waals surface area contributed by atoms with Gasteiger partial charge < -0.3 is 19.4 Å². The topological polar surface area (TPSA) is 65.4 Å². The minimum atomic E-state index is -0.429. The fraction of sp³-hybridized carbons (Fsp3) is 0.304. The van der Waals surface area contributed by atoms with Gasteiger partial charge in [0.2, 0.25) is 0 Å². The first-order valence-corrected chi connectivity index (χ1v) is 10.3. The first-order chi connectivity index (χ1) is 14.5. The third kappa shape index (κ3) is 5.13. The molecule has 0 aliphatic rings. The molecule has 0 spiro atoms. The summed E-state index contributed by atoms with van der Waals surface area (Å²) >= 11 is 6.04. The number of hydrogen-bond donors (Lipinski definition) is 1. The summed E-state index contributed by atoms with van der Waals surface area (Å²) in [5, 5.41) is 3.71. The molecule has 2 aromatic carbocycles. The zero-order valence-electron chi connectivity index (χ0n) is 17.4. The lowest BCUT2D eigenvalue weighted by Crippen LogP contribution is -2.31. The quantitative estimate of drug-likeness (QED) is 0.533. The van der Waals surface area contributed by atoms with Crippen LogP contribution in [0.4, 0.5) is 0 Å². The van der Waals surface area contributed by atoms with E-state index in [1.165, 1.54) is 0 Å². The lowest BCUT2D eigenvalue weighted by atomic mass is 10.1. The number of carbonyl (C=O) groups is 1. The molecule has 1 atom stereocenters. The van der Waals surface area contributed by atoms with Crippen molar-refractivity contribution in [2.24, 2.45) is 7.05 Å². The summed E-state index contributed by atoms with van der Waals surface area (Å²) in [6.45, 7) is 5.00. The maximum absolute atomic E-state index is 13.1. The number of amides is 1. The number of halogens is 1. The molecule has 0 bridgehead atoms. The number of imidazole rings is 1. The lowest BCUT2D eigenvalue weighted by molar-refractivity contribution is 0.0940. The second-order valence-corrected chi connectivity index (χ2v) is 7.23. The molecule has 30 heavy (non-hydrogen) atoms. The Morgan fingerprint density at radius 2 is 1.90 bits per heavy atom. The fourth-order valence-corrected chi connectivity index (χ4v) is 3.20. The van der Waals surface area contributed by atoms with Crippen molar-refractivity contribution in [3.05, 3.63) is 76.8 Å². The van der Waals surface area contributed by atoms with E-state index in [1.807, 2.05) is 43.8 Å². The molecule has 7 heteroatoms. The van der Waals surface area contributed by atoms with Crippen LogP contribution in [0.5, 0.6) is 11.5 Å². The van der Waals surface area contributed by atoms with E-state index in [0.717, 1.165) is 17.8 Å². The molecule has 158 valence electrons. The van der Waals surface area contributed by atoms with Crippen molar-refractivity contribution < 1.29 is 14.3 Å². The Kier molecular flexibility index (Phi) is 7.36. The van der Waals surface area contributed by atoms with Crippen molar-refractivity contribution in [3.8, 4) is 11.5 Å². The molecule has 0 radical (unpaired) electrons. The van der Waals surface area contributed by atoms with E-state index in [0.29, 0.717) is 35.3 Å². The van der Waals surface area contributed by atoms with Gasteiger partial charge in [0.25, 0.3) is 5.91 Å². The Hall–Kier alpha value is -2.99. The Morgan fingerprint density at radius 3 is 2.53 bits per heavy atom. The summed E-state index contributed by atoms with van der Waals surface area (Å²) in [6, 6.07) is 12.2. The number of carbonyl (C=O) groups excluding carboxylic acids is 1. The van der Waals surface area contributed by atoms with Crippen molar-refractivity contribution in [2.45, 2.75) is 26.3 Å². The number of nitrogens with one attached hydrogen (secondary N) is 1. The lowest BCUT2D eigenvalue weighted by Gasteiger charge is -2.20. The van der Waals surface area contributed by atoms with E-state index in [1.54, 1.807) is 36.5 Å². The van der Waals surface area contributed by atoms with Crippen LogP contribution in [0.2, 0.25) is 5.02 Å². The zero-order chi connectivity index (χ0) is 21.5. The molecule has 0 aliphatic carbocycles. The highest BCUT2D eigenvalue weighted by Crippen LogP contribution is 2.29. The molecule has 6 nitrogen and oxygen atoms in total. The largest absolute Gasteiger partial charge is 0.490 e. The van der Waals surface area contributed by atoms with Crippen LogP contribution in [0.3, 0.4) is 0 Å². The maximum Gasteiger partial charge on any atom is 0.252 e. The minimum absolute atomic E-state index is 0.235. The molecule has 0 fully saturated rings. The normalized spacial score (nSPS) is 11.7. The van der Waals surface area contributed by atoms with Gasteiger partial charge in [-0.05, 0) is 49.2 Å². The molecule has 0 saturated carbocycles. The van der Waals surface area contributed by atoms with E-state index < -0.39 is 6.04 Å². The second kappa shape index (κ2) is 10.2. The zero-order valence-corrected chi connectivity index (χ0v) is 18.1. The molecular formula is C23H26ClN3O3. The Balaban J connectivity index is 1.89. The number of nitrogens with zero attached hydrogens (tertiary/aromatic N) is 2. The standard InChI is InChI=1S/C23H26ClN3O3/c1-4-14-30-19-11-8-17(15-20(19)29-5-2)23(28)26-21(22-25-12-13-27(22)3)16-6-9-18(24)10-7-16/h6-13,15,21H,4-5,14H2,1-3H3,(H,26,28). The average molecular weight is 428 g/mol. The van der Waals surface area contributed by atoms with Crippen LogP contribution in [0, 0.1) is 0 Å². The molecule has 1 amide bonds. The predicted octanol–water partition coefficient (Wildman–Crippen LogP) is 4.78. The molecule has 3 aromatic rings. The second-order valence-electron chi connectivity index (χ2n) is 6.80. The molecule has 0 aliphatic heterocycles. The molecule has 1 N–H and O–H groups in total. The number of benzene rings is 2. The number of rotatable bonds is 9. The van der Waals surface area contributed by atoms with Crippen molar-refractivity contribution in [1.82, 2.24) is 14.9 Å². The van der Waals surface area contributed by atoms with Crippen LogP contribution < -0.4 is 14.8 Å². The SMILES string of the molecule is CCCOc1ccc(C(=O)NC(c2ccc(Cl)cc2)c2nccn2C)cc1OCC. The Bertz CT molecular complexity index is 986.